The van der Waals surface area contributed by atoms with Gasteiger partial charge < -0.3 is 20.7 Å². The van der Waals surface area contributed by atoms with Crippen molar-refractivity contribution in [1.29, 1.82) is 0 Å². The lowest BCUT2D eigenvalue weighted by atomic mass is 10.2. The van der Waals surface area contributed by atoms with E-state index in [1.165, 1.54) is 6.08 Å². The molecule has 0 saturated heterocycles. The number of anilines is 2. The van der Waals surface area contributed by atoms with Crippen LogP contribution in [0.2, 0.25) is 0 Å². The molecule has 0 atom stereocenters. The van der Waals surface area contributed by atoms with E-state index in [1.54, 1.807) is 30.3 Å². The van der Waals surface area contributed by atoms with Crippen LogP contribution in [0.3, 0.4) is 0 Å². The van der Waals surface area contributed by atoms with E-state index in [1.807, 2.05) is 38.1 Å². The molecule has 2 aromatic carbocycles. The normalized spacial score (nSPS) is 10.4. The Hall–Kier alpha value is -3.28. The third-order valence-corrected chi connectivity index (χ3v) is 3.34. The van der Waals surface area contributed by atoms with Gasteiger partial charge in [-0.1, -0.05) is 18.2 Å². The first kappa shape index (κ1) is 19.1. The summed E-state index contributed by atoms with van der Waals surface area (Å²) in [5, 5.41) is 8.11. The Balaban J connectivity index is 1.93. The molecule has 3 N–H and O–H groups in total. The molecule has 0 bridgehead atoms. The maximum atomic E-state index is 12.1. The fourth-order valence-corrected chi connectivity index (χ4v) is 2.21. The van der Waals surface area contributed by atoms with E-state index in [4.69, 9.17) is 4.74 Å². The first-order chi connectivity index (χ1) is 12.6. The van der Waals surface area contributed by atoms with Crippen molar-refractivity contribution < 1.29 is 14.3 Å². The Kier molecular flexibility index (Phi) is 7.24. The van der Waals surface area contributed by atoms with Gasteiger partial charge in [-0.15, -0.1) is 0 Å². The first-order valence-electron chi connectivity index (χ1n) is 8.47. The lowest BCUT2D eigenvalue weighted by Gasteiger charge is -2.08. The third kappa shape index (κ3) is 6.32. The molecule has 136 valence electrons. The van der Waals surface area contributed by atoms with Gasteiger partial charge in [0.1, 0.15) is 5.75 Å². The lowest BCUT2D eigenvalue weighted by molar-refractivity contribution is -0.111. The Labute approximate surface area is 153 Å². The van der Waals surface area contributed by atoms with Gasteiger partial charge in [-0.25, -0.2) is 4.79 Å². The number of benzene rings is 2. The minimum Gasteiger partial charge on any atom is -0.494 e. The Bertz CT molecular complexity index is 770. The van der Waals surface area contributed by atoms with Crippen LogP contribution < -0.4 is 20.7 Å². The highest BCUT2D eigenvalue weighted by molar-refractivity contribution is 6.02. The van der Waals surface area contributed by atoms with Crippen LogP contribution in [0.25, 0.3) is 6.08 Å². The van der Waals surface area contributed by atoms with Crippen LogP contribution in [0.4, 0.5) is 16.2 Å². The molecular formula is C20H23N3O3. The Morgan fingerprint density at radius 3 is 2.35 bits per heavy atom. The Morgan fingerprint density at radius 1 is 1.00 bits per heavy atom. The summed E-state index contributed by atoms with van der Waals surface area (Å²) in [5.41, 5.74) is 2.10. The minimum absolute atomic E-state index is 0.256. The topological polar surface area (TPSA) is 79.5 Å². The highest BCUT2D eigenvalue weighted by atomic mass is 16.5. The minimum atomic E-state index is -0.286. The summed E-state index contributed by atoms with van der Waals surface area (Å²) >= 11 is 0. The van der Waals surface area contributed by atoms with Gasteiger partial charge in [-0.2, -0.15) is 0 Å². The van der Waals surface area contributed by atoms with Gasteiger partial charge in [0.25, 0.3) is 0 Å². The van der Waals surface area contributed by atoms with E-state index in [0.717, 1.165) is 11.3 Å². The number of hydrogen-bond acceptors (Lipinski definition) is 3. The predicted molar refractivity (Wildman–Crippen MR) is 104 cm³/mol. The van der Waals surface area contributed by atoms with Crippen molar-refractivity contribution >= 4 is 29.4 Å². The number of nitrogens with one attached hydrogen (secondary N) is 3. The maximum absolute atomic E-state index is 12.1. The molecule has 0 aromatic heterocycles. The molecule has 3 amide bonds. The van der Waals surface area contributed by atoms with Crippen molar-refractivity contribution in [3.8, 4) is 5.75 Å². The smallest absolute Gasteiger partial charge is 0.319 e. The zero-order chi connectivity index (χ0) is 18.8. The number of hydrogen-bond donors (Lipinski definition) is 3. The molecule has 0 aliphatic heterocycles. The third-order valence-electron chi connectivity index (χ3n) is 3.34. The molecule has 0 aliphatic rings. The molecule has 0 spiro atoms. The summed E-state index contributed by atoms with van der Waals surface area (Å²) in [7, 11) is 0. The number of urea groups is 1. The monoisotopic (exact) mass is 353 g/mol. The van der Waals surface area contributed by atoms with Crippen LogP contribution in [0.5, 0.6) is 5.75 Å². The van der Waals surface area contributed by atoms with Crippen LogP contribution in [0.15, 0.2) is 54.6 Å². The first-order valence-corrected chi connectivity index (χ1v) is 8.47. The molecule has 6 nitrogen and oxygen atoms in total. The summed E-state index contributed by atoms with van der Waals surface area (Å²) in [5.74, 6) is 0.541. The highest BCUT2D eigenvalue weighted by Crippen LogP contribution is 2.16. The van der Waals surface area contributed by atoms with Gasteiger partial charge in [0, 0.05) is 24.0 Å². The van der Waals surface area contributed by atoms with E-state index in [0.29, 0.717) is 24.5 Å². The average molecular weight is 353 g/mol. The number of carbonyl (C=O) groups is 2. The van der Waals surface area contributed by atoms with Crippen molar-refractivity contribution in [2.75, 3.05) is 23.8 Å². The van der Waals surface area contributed by atoms with Gasteiger partial charge in [0.2, 0.25) is 5.91 Å². The maximum Gasteiger partial charge on any atom is 0.319 e. The zero-order valence-corrected chi connectivity index (χ0v) is 14.9. The molecule has 0 heterocycles. The second-order valence-electron chi connectivity index (χ2n) is 5.39. The summed E-state index contributed by atoms with van der Waals surface area (Å²) in [6.45, 7) is 4.93. The molecule has 0 saturated carbocycles. The summed E-state index contributed by atoms with van der Waals surface area (Å²) in [6.07, 6.45) is 3.18. The van der Waals surface area contributed by atoms with Crippen LogP contribution in [0.1, 0.15) is 19.4 Å². The largest absolute Gasteiger partial charge is 0.494 e. The van der Waals surface area contributed by atoms with Crippen LogP contribution in [-0.4, -0.2) is 25.1 Å². The molecule has 0 fully saturated rings. The lowest BCUT2D eigenvalue weighted by Crippen LogP contribution is -2.28. The predicted octanol–water partition coefficient (Wildman–Crippen LogP) is 3.88. The standard InChI is InChI=1S/C20H23N3O3/c1-3-21-20(25)23-17-7-5-6-16(14-17)22-19(24)13-10-15-8-11-18(12-9-15)26-4-2/h5-14H,3-4H2,1-2H3,(H,22,24)(H2,21,23,25)/b13-10+. The number of carbonyl (C=O) groups excluding carboxylic acids is 2. The average Bonchev–Trinajstić information content (AvgIpc) is 2.62. The van der Waals surface area contributed by atoms with E-state index >= 15 is 0 Å². The van der Waals surface area contributed by atoms with Crippen LogP contribution in [0, 0.1) is 0 Å². The molecular weight excluding hydrogens is 330 g/mol. The highest BCUT2D eigenvalue weighted by Gasteiger charge is 2.03. The van der Waals surface area contributed by atoms with E-state index in [9.17, 15) is 9.59 Å². The molecule has 0 radical (unpaired) electrons. The molecule has 0 aliphatic carbocycles. The summed E-state index contributed by atoms with van der Waals surface area (Å²) in [6, 6.07) is 14.1. The molecule has 6 heteroatoms. The molecule has 26 heavy (non-hydrogen) atoms. The van der Waals surface area contributed by atoms with Gasteiger partial charge >= 0.3 is 6.03 Å². The SMILES string of the molecule is CCNC(=O)Nc1cccc(NC(=O)/C=C/c2ccc(OCC)cc2)c1. The van der Waals surface area contributed by atoms with Crippen molar-refractivity contribution in [2.24, 2.45) is 0 Å². The summed E-state index contributed by atoms with van der Waals surface area (Å²) in [4.78, 5) is 23.6. The summed E-state index contributed by atoms with van der Waals surface area (Å²) < 4.78 is 5.38. The fraction of sp³-hybridized carbons (Fsp3) is 0.200. The Morgan fingerprint density at radius 2 is 1.69 bits per heavy atom. The molecule has 2 rings (SSSR count). The van der Waals surface area contributed by atoms with Gasteiger partial charge in [0.15, 0.2) is 0 Å². The van der Waals surface area contributed by atoms with E-state index in [2.05, 4.69) is 16.0 Å². The second-order valence-corrected chi connectivity index (χ2v) is 5.39. The van der Waals surface area contributed by atoms with Gasteiger partial charge in [0.05, 0.1) is 6.61 Å². The van der Waals surface area contributed by atoms with Crippen molar-refractivity contribution in [3.63, 3.8) is 0 Å². The zero-order valence-electron chi connectivity index (χ0n) is 14.9. The van der Waals surface area contributed by atoms with Gasteiger partial charge in [-0.3, -0.25) is 4.79 Å². The quantitative estimate of drug-likeness (QED) is 0.661. The van der Waals surface area contributed by atoms with Crippen molar-refractivity contribution in [1.82, 2.24) is 5.32 Å². The molecule has 0 unspecified atom stereocenters. The molecule has 2 aromatic rings. The number of rotatable bonds is 7. The van der Waals surface area contributed by atoms with Gasteiger partial charge in [-0.05, 0) is 55.8 Å². The van der Waals surface area contributed by atoms with Crippen LogP contribution >= 0.6 is 0 Å². The van der Waals surface area contributed by atoms with E-state index in [-0.39, 0.29) is 11.9 Å². The van der Waals surface area contributed by atoms with Crippen molar-refractivity contribution in [2.45, 2.75) is 13.8 Å². The van der Waals surface area contributed by atoms with Crippen molar-refractivity contribution in [3.05, 3.63) is 60.2 Å². The fourth-order valence-electron chi connectivity index (χ4n) is 2.21. The number of ether oxygens (including phenoxy) is 1. The van der Waals surface area contributed by atoms with Crippen LogP contribution in [-0.2, 0) is 4.79 Å². The second kappa shape index (κ2) is 9.88. The number of amides is 3. The van der Waals surface area contributed by atoms with E-state index < -0.39 is 0 Å².